The first-order chi connectivity index (χ1) is 15.6. The zero-order valence-electron chi connectivity index (χ0n) is 17.2. The number of rotatable bonds is 5. The average Bonchev–Trinajstić information content (AvgIpc) is 3.37. The Balaban J connectivity index is 1.57. The summed E-state index contributed by atoms with van der Waals surface area (Å²) in [6.45, 7) is 1.72. The third-order valence-electron chi connectivity index (χ3n) is 5.38. The fourth-order valence-electron chi connectivity index (χ4n) is 3.74. The quantitative estimate of drug-likeness (QED) is 0.434. The Bertz CT molecular complexity index is 1480. The van der Waals surface area contributed by atoms with E-state index in [4.69, 9.17) is 16.0 Å². The molecule has 8 heteroatoms. The van der Waals surface area contributed by atoms with Crippen molar-refractivity contribution in [2.45, 2.75) is 20.1 Å². The van der Waals surface area contributed by atoms with Crippen LogP contribution in [0.1, 0.15) is 17.0 Å². The minimum atomic E-state index is -0.299. The van der Waals surface area contributed by atoms with E-state index in [9.17, 15) is 9.90 Å². The van der Waals surface area contributed by atoms with Crippen molar-refractivity contribution in [1.82, 2.24) is 19.2 Å². The Morgan fingerprint density at radius 1 is 1.06 bits per heavy atom. The lowest BCUT2D eigenvalue weighted by Crippen LogP contribution is -2.23. The normalized spacial score (nSPS) is 11.3. The van der Waals surface area contributed by atoms with Crippen LogP contribution in [0.5, 0.6) is 0 Å². The van der Waals surface area contributed by atoms with Crippen molar-refractivity contribution >= 4 is 17.1 Å². The summed E-state index contributed by atoms with van der Waals surface area (Å²) < 4.78 is 8.86. The molecule has 1 N–H and O–H groups in total. The third-order valence-corrected chi connectivity index (χ3v) is 5.71. The van der Waals surface area contributed by atoms with Gasteiger partial charge in [-0.15, -0.1) is 0 Å². The van der Waals surface area contributed by atoms with Crippen molar-refractivity contribution in [2.24, 2.45) is 0 Å². The van der Waals surface area contributed by atoms with Crippen LogP contribution in [0.2, 0.25) is 5.02 Å². The summed E-state index contributed by atoms with van der Waals surface area (Å²) in [6.07, 6.45) is 3.36. The molecule has 32 heavy (non-hydrogen) atoms. The first kappa shape index (κ1) is 20.2. The minimum absolute atomic E-state index is 0.214. The summed E-state index contributed by atoms with van der Waals surface area (Å²) in [5.74, 6) is 1.01. The van der Waals surface area contributed by atoms with Gasteiger partial charge >= 0.3 is 0 Å². The smallest absolute Gasteiger partial charge is 0.277 e. The zero-order chi connectivity index (χ0) is 22.2. The molecule has 7 nitrogen and oxygen atoms in total. The maximum atomic E-state index is 13.3. The number of aromatic nitrogens is 4. The number of halogens is 1. The molecule has 0 aliphatic rings. The van der Waals surface area contributed by atoms with Crippen LogP contribution in [-0.2, 0) is 13.2 Å². The van der Waals surface area contributed by atoms with Crippen LogP contribution in [0.25, 0.3) is 28.2 Å². The van der Waals surface area contributed by atoms with Crippen LogP contribution in [0.3, 0.4) is 0 Å². The molecular formula is C24H19ClN4O3. The summed E-state index contributed by atoms with van der Waals surface area (Å²) in [7, 11) is 0. The highest BCUT2D eigenvalue weighted by atomic mass is 35.5. The van der Waals surface area contributed by atoms with E-state index >= 15 is 0 Å². The van der Waals surface area contributed by atoms with Gasteiger partial charge in [0.1, 0.15) is 17.0 Å². The van der Waals surface area contributed by atoms with Gasteiger partial charge in [0.05, 0.1) is 29.4 Å². The maximum absolute atomic E-state index is 13.3. The molecule has 0 fully saturated rings. The Kier molecular flexibility index (Phi) is 5.13. The summed E-state index contributed by atoms with van der Waals surface area (Å²) in [6, 6.07) is 16.8. The molecular weight excluding hydrogens is 428 g/mol. The van der Waals surface area contributed by atoms with Crippen molar-refractivity contribution in [1.29, 1.82) is 0 Å². The second kappa shape index (κ2) is 8.11. The minimum Gasteiger partial charge on any atom is -0.441 e. The first-order valence-corrected chi connectivity index (χ1v) is 10.4. The van der Waals surface area contributed by atoms with Crippen molar-refractivity contribution in [3.63, 3.8) is 0 Å². The lowest BCUT2D eigenvalue weighted by atomic mass is 10.1. The predicted octanol–water partition coefficient (Wildman–Crippen LogP) is 4.32. The van der Waals surface area contributed by atoms with Crippen molar-refractivity contribution in [2.75, 3.05) is 0 Å². The van der Waals surface area contributed by atoms with Gasteiger partial charge < -0.3 is 14.1 Å². The summed E-state index contributed by atoms with van der Waals surface area (Å²) in [5.41, 5.74) is 3.29. The topological polar surface area (TPSA) is 85.6 Å². The Hall–Kier alpha value is -3.68. The second-order valence-electron chi connectivity index (χ2n) is 7.38. The van der Waals surface area contributed by atoms with Gasteiger partial charge in [-0.2, -0.15) is 5.10 Å². The Labute approximate surface area is 188 Å². The maximum Gasteiger partial charge on any atom is 0.277 e. The summed E-state index contributed by atoms with van der Waals surface area (Å²) in [5, 5.41) is 15.1. The van der Waals surface area contributed by atoms with E-state index in [0.29, 0.717) is 44.7 Å². The van der Waals surface area contributed by atoms with Gasteiger partial charge in [-0.3, -0.25) is 4.79 Å². The van der Waals surface area contributed by atoms with E-state index in [0.717, 1.165) is 5.56 Å². The van der Waals surface area contributed by atoms with E-state index in [1.807, 2.05) is 48.5 Å². The molecule has 0 unspecified atom stereocenters. The number of aliphatic hydroxyl groups is 1. The molecule has 0 saturated heterocycles. The standard InChI is InChI=1S/C24H19ClN4O3/c1-15-20(26-23(32-15)17-9-5-6-10-19(17)25)13-28-11-12-29-22(24(28)31)18(14-30)21(27-29)16-7-3-2-4-8-16/h2-12,30H,13-14H2,1H3. The number of nitrogens with zero attached hydrogens (tertiary/aromatic N) is 4. The molecule has 0 atom stereocenters. The lowest BCUT2D eigenvalue weighted by Gasteiger charge is -2.05. The molecule has 3 aromatic heterocycles. The molecule has 5 aromatic rings. The van der Waals surface area contributed by atoms with E-state index in [-0.39, 0.29) is 18.7 Å². The molecule has 2 aromatic carbocycles. The molecule has 0 amide bonds. The monoisotopic (exact) mass is 446 g/mol. The molecule has 3 heterocycles. The van der Waals surface area contributed by atoms with Crippen LogP contribution in [-0.4, -0.2) is 24.3 Å². The fourth-order valence-corrected chi connectivity index (χ4v) is 3.96. The van der Waals surface area contributed by atoms with E-state index < -0.39 is 0 Å². The van der Waals surface area contributed by atoms with Gasteiger partial charge in [0.2, 0.25) is 5.89 Å². The molecule has 0 aliphatic carbocycles. The third kappa shape index (κ3) is 3.41. The number of fused-ring (bicyclic) bond motifs is 1. The Morgan fingerprint density at radius 2 is 1.81 bits per heavy atom. The van der Waals surface area contributed by atoms with Crippen LogP contribution in [0, 0.1) is 6.92 Å². The summed E-state index contributed by atoms with van der Waals surface area (Å²) in [4.78, 5) is 17.9. The highest BCUT2D eigenvalue weighted by Crippen LogP contribution is 2.29. The van der Waals surface area contributed by atoms with E-state index in [1.54, 1.807) is 25.4 Å². The second-order valence-corrected chi connectivity index (χ2v) is 7.78. The number of oxazole rings is 1. The molecule has 5 rings (SSSR count). The van der Waals surface area contributed by atoms with Crippen molar-refractivity contribution in [3.05, 3.63) is 99.4 Å². The van der Waals surface area contributed by atoms with Gasteiger partial charge in [-0.05, 0) is 19.1 Å². The number of hydrogen-bond acceptors (Lipinski definition) is 5. The van der Waals surface area contributed by atoms with Gasteiger partial charge in [0, 0.05) is 23.5 Å². The van der Waals surface area contributed by atoms with Gasteiger partial charge in [0.15, 0.2) is 0 Å². The van der Waals surface area contributed by atoms with Gasteiger partial charge in [-0.1, -0.05) is 54.1 Å². The number of aryl methyl sites for hydroxylation is 1. The molecule has 0 radical (unpaired) electrons. The number of hydrogen-bond donors (Lipinski definition) is 1. The molecule has 160 valence electrons. The highest BCUT2D eigenvalue weighted by molar-refractivity contribution is 6.33. The average molecular weight is 447 g/mol. The first-order valence-electron chi connectivity index (χ1n) is 10.0. The van der Waals surface area contributed by atoms with Crippen LogP contribution >= 0.6 is 11.6 Å². The van der Waals surface area contributed by atoms with Gasteiger partial charge in [0.25, 0.3) is 5.56 Å². The fraction of sp³-hybridized carbons (Fsp3) is 0.125. The zero-order valence-corrected chi connectivity index (χ0v) is 18.0. The van der Waals surface area contributed by atoms with E-state index in [2.05, 4.69) is 10.1 Å². The molecule has 0 spiro atoms. The van der Waals surface area contributed by atoms with Crippen LogP contribution in [0.15, 0.2) is 76.2 Å². The van der Waals surface area contributed by atoms with Gasteiger partial charge in [-0.25, -0.2) is 9.50 Å². The van der Waals surface area contributed by atoms with E-state index in [1.165, 1.54) is 9.08 Å². The summed E-state index contributed by atoms with van der Waals surface area (Å²) >= 11 is 6.27. The van der Waals surface area contributed by atoms with Crippen molar-refractivity contribution in [3.8, 4) is 22.7 Å². The number of aliphatic hydroxyl groups excluding tert-OH is 1. The highest BCUT2D eigenvalue weighted by Gasteiger charge is 2.19. The lowest BCUT2D eigenvalue weighted by molar-refractivity contribution is 0.283. The Morgan fingerprint density at radius 3 is 2.56 bits per heavy atom. The van der Waals surface area contributed by atoms with Crippen LogP contribution in [0.4, 0.5) is 0 Å². The molecule has 0 aliphatic heterocycles. The number of benzene rings is 2. The molecule has 0 saturated carbocycles. The van der Waals surface area contributed by atoms with Crippen LogP contribution < -0.4 is 5.56 Å². The van der Waals surface area contributed by atoms with Crippen molar-refractivity contribution < 1.29 is 9.52 Å². The SMILES string of the molecule is Cc1oc(-c2ccccc2Cl)nc1Cn1ccn2nc(-c3ccccc3)c(CO)c2c1=O. The molecule has 0 bridgehead atoms. The largest absolute Gasteiger partial charge is 0.441 e. The predicted molar refractivity (Wildman–Crippen MR) is 122 cm³/mol.